The second-order valence-corrected chi connectivity index (χ2v) is 3.58. The van der Waals surface area contributed by atoms with Crippen molar-refractivity contribution in [3.05, 3.63) is 28.3 Å². The van der Waals surface area contributed by atoms with Gasteiger partial charge < -0.3 is 5.11 Å². The van der Waals surface area contributed by atoms with Crippen molar-refractivity contribution >= 4 is 29.0 Å². The summed E-state index contributed by atoms with van der Waals surface area (Å²) in [6.45, 7) is 0. The van der Waals surface area contributed by atoms with Crippen LogP contribution in [0.2, 0.25) is 5.02 Å². The van der Waals surface area contributed by atoms with Gasteiger partial charge in [0.25, 0.3) is 0 Å². The zero-order valence-corrected chi connectivity index (χ0v) is 9.12. The van der Waals surface area contributed by atoms with Crippen LogP contribution in [0.4, 0.5) is 13.2 Å². The van der Waals surface area contributed by atoms with Crippen LogP contribution in [0.5, 0.6) is 5.75 Å². The van der Waals surface area contributed by atoms with Gasteiger partial charge in [-0.25, -0.2) is 0 Å². The van der Waals surface area contributed by atoms with E-state index in [1.54, 1.807) is 0 Å². The van der Waals surface area contributed by atoms with E-state index in [1.807, 2.05) is 0 Å². The van der Waals surface area contributed by atoms with E-state index < -0.39 is 34.2 Å². The number of carbonyl (C=O) groups excluding carboxylic acids is 1. The summed E-state index contributed by atoms with van der Waals surface area (Å²) in [5, 5.41) is 8.59. The number of carbonyl (C=O) groups is 1. The molecule has 16 heavy (non-hydrogen) atoms. The third kappa shape index (κ3) is 2.59. The highest BCUT2D eigenvalue weighted by molar-refractivity contribution is 6.33. The normalized spacial score (nSPS) is 11.6. The molecule has 0 aromatic heterocycles. The van der Waals surface area contributed by atoms with Crippen LogP contribution in [0.25, 0.3) is 0 Å². The molecule has 0 saturated carbocycles. The number of benzene rings is 1. The van der Waals surface area contributed by atoms with Crippen LogP contribution >= 0.6 is 23.2 Å². The second-order valence-electron chi connectivity index (χ2n) is 2.90. The number of alkyl halides is 4. The lowest BCUT2D eigenvalue weighted by molar-refractivity contribution is -0.137. The molecular weight excluding hydrogens is 268 g/mol. The number of Topliss-reactive ketones (excluding diaryl/α,β-unsaturated/α-hetero) is 1. The summed E-state index contributed by atoms with van der Waals surface area (Å²) < 4.78 is 37.0. The van der Waals surface area contributed by atoms with Gasteiger partial charge in [-0.05, 0) is 12.1 Å². The molecule has 0 fully saturated rings. The lowest BCUT2D eigenvalue weighted by atomic mass is 10.1. The van der Waals surface area contributed by atoms with Gasteiger partial charge >= 0.3 is 6.18 Å². The van der Waals surface area contributed by atoms with Gasteiger partial charge in [0.2, 0.25) is 0 Å². The summed E-state index contributed by atoms with van der Waals surface area (Å²) in [5.74, 6) is -1.94. The summed E-state index contributed by atoms with van der Waals surface area (Å²) in [6, 6.07) is 1.16. The Kier molecular flexibility index (Phi) is 3.70. The Morgan fingerprint density at radius 1 is 1.38 bits per heavy atom. The molecule has 2 nitrogen and oxygen atoms in total. The van der Waals surface area contributed by atoms with Gasteiger partial charge in [-0.1, -0.05) is 11.6 Å². The lowest BCUT2D eigenvalue weighted by Gasteiger charge is -2.11. The van der Waals surface area contributed by atoms with E-state index in [-0.39, 0.29) is 5.56 Å². The highest BCUT2D eigenvalue weighted by Crippen LogP contribution is 2.38. The van der Waals surface area contributed by atoms with Gasteiger partial charge in [0, 0.05) is 0 Å². The van der Waals surface area contributed by atoms with Gasteiger partial charge in [0.1, 0.15) is 5.75 Å². The zero-order valence-electron chi connectivity index (χ0n) is 7.61. The molecule has 0 aliphatic heterocycles. The molecule has 1 aromatic carbocycles. The standard InChI is InChI=1S/C9H5Cl2F3O2/c10-3-8(16)4-1-6(11)5(2-7(4)15)9(12,13)14/h1-2,15H,3H2. The Hall–Kier alpha value is -0.940. The average Bonchev–Trinajstić information content (AvgIpc) is 2.18. The molecule has 1 aromatic rings. The van der Waals surface area contributed by atoms with Crippen LogP contribution in [0.15, 0.2) is 12.1 Å². The first-order chi connectivity index (χ1) is 7.27. The van der Waals surface area contributed by atoms with Crippen LogP contribution in [0.3, 0.4) is 0 Å². The maximum atomic E-state index is 12.3. The van der Waals surface area contributed by atoms with Crippen molar-refractivity contribution < 1.29 is 23.1 Å². The number of aromatic hydroxyl groups is 1. The van der Waals surface area contributed by atoms with Crippen LogP contribution in [0, 0.1) is 0 Å². The van der Waals surface area contributed by atoms with E-state index in [9.17, 15) is 23.1 Å². The molecular formula is C9H5Cl2F3O2. The summed E-state index contributed by atoms with van der Waals surface area (Å²) in [4.78, 5) is 11.1. The monoisotopic (exact) mass is 272 g/mol. The van der Waals surface area contributed by atoms with E-state index in [1.165, 1.54) is 0 Å². The van der Waals surface area contributed by atoms with E-state index in [0.29, 0.717) is 6.07 Å². The Bertz CT molecular complexity index is 429. The fourth-order valence-electron chi connectivity index (χ4n) is 1.07. The Morgan fingerprint density at radius 3 is 2.38 bits per heavy atom. The minimum Gasteiger partial charge on any atom is -0.507 e. The summed E-state index contributed by atoms with van der Waals surface area (Å²) in [7, 11) is 0. The highest BCUT2D eigenvalue weighted by Gasteiger charge is 2.34. The van der Waals surface area contributed by atoms with Crippen molar-refractivity contribution in [1.82, 2.24) is 0 Å². The van der Waals surface area contributed by atoms with Gasteiger partial charge in [-0.2, -0.15) is 13.2 Å². The van der Waals surface area contributed by atoms with Crippen LogP contribution < -0.4 is 0 Å². The molecule has 0 unspecified atom stereocenters. The number of ketones is 1. The topological polar surface area (TPSA) is 37.3 Å². The van der Waals surface area contributed by atoms with Crippen molar-refractivity contribution in [3.63, 3.8) is 0 Å². The molecule has 0 amide bonds. The number of phenolic OH excluding ortho intramolecular Hbond substituents is 1. The Labute approximate surface area is 98.6 Å². The fourth-order valence-corrected chi connectivity index (χ4v) is 1.49. The van der Waals surface area contributed by atoms with Gasteiger partial charge in [-0.15, -0.1) is 11.6 Å². The molecule has 0 saturated heterocycles. The molecule has 0 radical (unpaired) electrons. The second kappa shape index (κ2) is 4.51. The Balaban J connectivity index is 3.33. The summed E-state index contributed by atoms with van der Waals surface area (Å²) in [6.07, 6.45) is -4.68. The predicted molar refractivity (Wildman–Crippen MR) is 53.2 cm³/mol. The zero-order chi connectivity index (χ0) is 12.5. The Morgan fingerprint density at radius 2 is 1.94 bits per heavy atom. The lowest BCUT2D eigenvalue weighted by Crippen LogP contribution is -2.08. The molecule has 0 aliphatic rings. The smallest absolute Gasteiger partial charge is 0.417 e. The minimum absolute atomic E-state index is 0.326. The largest absolute Gasteiger partial charge is 0.507 e. The maximum Gasteiger partial charge on any atom is 0.417 e. The molecule has 0 aliphatic carbocycles. The van der Waals surface area contributed by atoms with E-state index in [0.717, 1.165) is 6.07 Å². The molecule has 1 rings (SSSR count). The third-order valence-corrected chi connectivity index (χ3v) is 2.37. The van der Waals surface area contributed by atoms with Crippen molar-refractivity contribution in [2.75, 3.05) is 5.88 Å². The van der Waals surface area contributed by atoms with Gasteiger partial charge in [0.05, 0.1) is 22.0 Å². The quantitative estimate of drug-likeness (QED) is 0.661. The summed E-state index contributed by atoms with van der Waals surface area (Å²) in [5.41, 5.74) is -1.52. The van der Waals surface area contributed by atoms with Crippen molar-refractivity contribution in [1.29, 1.82) is 0 Å². The SMILES string of the molecule is O=C(CCl)c1cc(Cl)c(C(F)(F)F)cc1O. The minimum atomic E-state index is -4.68. The van der Waals surface area contributed by atoms with Gasteiger partial charge in [0.15, 0.2) is 5.78 Å². The molecule has 88 valence electrons. The first-order valence-electron chi connectivity index (χ1n) is 3.96. The molecule has 7 heteroatoms. The van der Waals surface area contributed by atoms with Gasteiger partial charge in [-0.3, -0.25) is 4.79 Å². The van der Waals surface area contributed by atoms with Crippen LogP contribution in [0.1, 0.15) is 15.9 Å². The molecule has 0 bridgehead atoms. The molecule has 0 spiro atoms. The third-order valence-electron chi connectivity index (χ3n) is 1.81. The van der Waals surface area contributed by atoms with E-state index in [2.05, 4.69) is 0 Å². The number of phenols is 1. The first-order valence-corrected chi connectivity index (χ1v) is 4.87. The van der Waals surface area contributed by atoms with Crippen LogP contribution in [-0.2, 0) is 6.18 Å². The predicted octanol–water partition coefficient (Wildman–Crippen LogP) is 3.49. The summed E-state index contributed by atoms with van der Waals surface area (Å²) >= 11 is 10.6. The van der Waals surface area contributed by atoms with E-state index >= 15 is 0 Å². The first kappa shape index (κ1) is 13.1. The highest BCUT2D eigenvalue weighted by atomic mass is 35.5. The molecule has 1 N–H and O–H groups in total. The van der Waals surface area contributed by atoms with Crippen molar-refractivity contribution in [2.45, 2.75) is 6.18 Å². The number of hydrogen-bond acceptors (Lipinski definition) is 2. The fraction of sp³-hybridized carbons (Fsp3) is 0.222. The molecule has 0 heterocycles. The average molecular weight is 273 g/mol. The van der Waals surface area contributed by atoms with E-state index in [4.69, 9.17) is 23.2 Å². The van der Waals surface area contributed by atoms with Crippen molar-refractivity contribution in [3.8, 4) is 5.75 Å². The number of rotatable bonds is 2. The maximum absolute atomic E-state index is 12.3. The molecule has 0 atom stereocenters. The number of hydrogen-bond donors (Lipinski definition) is 1. The van der Waals surface area contributed by atoms with Crippen LogP contribution in [-0.4, -0.2) is 16.8 Å². The number of halogens is 5. The van der Waals surface area contributed by atoms with Crippen molar-refractivity contribution in [2.24, 2.45) is 0 Å².